The van der Waals surface area contributed by atoms with E-state index in [9.17, 15) is 0 Å². The number of nitrogens with one attached hydrogen (secondary N) is 1. The van der Waals surface area contributed by atoms with Crippen LogP contribution in [0.1, 0.15) is 20.3 Å². The van der Waals surface area contributed by atoms with E-state index < -0.39 is 0 Å². The molecule has 0 amide bonds. The fourth-order valence-corrected chi connectivity index (χ4v) is 1.34. The number of anilines is 1. The molecule has 0 aliphatic rings. The van der Waals surface area contributed by atoms with Gasteiger partial charge in [0.1, 0.15) is 10.4 Å². The maximum Gasteiger partial charge on any atom is 0.127 e. The van der Waals surface area contributed by atoms with Crippen molar-refractivity contribution >= 4 is 21.7 Å². The summed E-state index contributed by atoms with van der Waals surface area (Å²) in [5, 5.41) is 3.28. The molecule has 0 atom stereocenters. The lowest BCUT2D eigenvalue weighted by Crippen LogP contribution is -2.05. The highest BCUT2D eigenvalue weighted by Crippen LogP contribution is 2.10. The van der Waals surface area contributed by atoms with Gasteiger partial charge in [0.05, 0.1) is 0 Å². The molecule has 1 N–H and O–H groups in total. The SMILES string of the molecule is CC(C)CCNc1cccc(Br)n1. The predicted molar refractivity (Wildman–Crippen MR) is 59.9 cm³/mol. The minimum absolute atomic E-state index is 0.736. The monoisotopic (exact) mass is 242 g/mol. The molecule has 0 radical (unpaired) electrons. The minimum Gasteiger partial charge on any atom is -0.370 e. The summed E-state index contributed by atoms with van der Waals surface area (Å²) in [6.07, 6.45) is 1.17. The number of pyridine rings is 1. The van der Waals surface area contributed by atoms with Crippen molar-refractivity contribution in [2.24, 2.45) is 5.92 Å². The first-order chi connectivity index (χ1) is 6.18. The Morgan fingerprint density at radius 2 is 2.23 bits per heavy atom. The van der Waals surface area contributed by atoms with Crippen molar-refractivity contribution in [1.82, 2.24) is 4.98 Å². The van der Waals surface area contributed by atoms with Crippen molar-refractivity contribution in [2.45, 2.75) is 20.3 Å². The average Bonchev–Trinajstić information content (AvgIpc) is 2.03. The van der Waals surface area contributed by atoms with Crippen LogP contribution in [0.4, 0.5) is 5.82 Å². The molecule has 13 heavy (non-hydrogen) atoms. The molecule has 1 aromatic heterocycles. The smallest absolute Gasteiger partial charge is 0.127 e. The molecule has 0 spiro atoms. The first-order valence-corrected chi connectivity index (χ1v) is 5.34. The van der Waals surface area contributed by atoms with Crippen LogP contribution in [0.5, 0.6) is 0 Å². The lowest BCUT2D eigenvalue weighted by molar-refractivity contribution is 0.606. The molecular formula is C10H15BrN2. The van der Waals surface area contributed by atoms with E-state index in [0.717, 1.165) is 22.9 Å². The highest BCUT2D eigenvalue weighted by Gasteiger charge is 1.95. The normalized spacial score (nSPS) is 10.5. The Bertz CT molecular complexity index is 261. The molecule has 0 aliphatic heterocycles. The zero-order valence-corrected chi connectivity index (χ0v) is 9.63. The van der Waals surface area contributed by atoms with Gasteiger partial charge in [0.2, 0.25) is 0 Å². The van der Waals surface area contributed by atoms with Gasteiger partial charge in [-0.15, -0.1) is 0 Å². The number of hydrogen-bond acceptors (Lipinski definition) is 2. The van der Waals surface area contributed by atoms with Crippen molar-refractivity contribution in [1.29, 1.82) is 0 Å². The van der Waals surface area contributed by atoms with Gasteiger partial charge in [-0.25, -0.2) is 4.98 Å². The lowest BCUT2D eigenvalue weighted by atomic mass is 10.1. The summed E-state index contributed by atoms with van der Waals surface area (Å²) in [5.41, 5.74) is 0. The largest absolute Gasteiger partial charge is 0.370 e. The van der Waals surface area contributed by atoms with E-state index in [2.05, 4.69) is 40.1 Å². The van der Waals surface area contributed by atoms with E-state index >= 15 is 0 Å². The van der Waals surface area contributed by atoms with E-state index in [1.807, 2.05) is 18.2 Å². The third-order valence-corrected chi connectivity index (χ3v) is 2.18. The average molecular weight is 243 g/mol. The third-order valence-electron chi connectivity index (χ3n) is 1.74. The second-order valence-electron chi connectivity index (χ2n) is 3.45. The molecule has 72 valence electrons. The Balaban J connectivity index is 2.37. The highest BCUT2D eigenvalue weighted by atomic mass is 79.9. The van der Waals surface area contributed by atoms with Crippen molar-refractivity contribution in [3.63, 3.8) is 0 Å². The first-order valence-electron chi connectivity index (χ1n) is 4.55. The summed E-state index contributed by atoms with van der Waals surface area (Å²) in [7, 11) is 0. The van der Waals surface area contributed by atoms with Crippen LogP contribution in [0.3, 0.4) is 0 Å². The van der Waals surface area contributed by atoms with Crippen molar-refractivity contribution in [3.8, 4) is 0 Å². The Hall–Kier alpha value is -0.570. The predicted octanol–water partition coefficient (Wildman–Crippen LogP) is 3.30. The van der Waals surface area contributed by atoms with Crippen LogP contribution >= 0.6 is 15.9 Å². The first kappa shape index (κ1) is 10.5. The maximum atomic E-state index is 4.28. The van der Waals surface area contributed by atoms with Gasteiger partial charge in [0, 0.05) is 6.54 Å². The van der Waals surface area contributed by atoms with Gasteiger partial charge in [-0.3, -0.25) is 0 Å². The summed E-state index contributed by atoms with van der Waals surface area (Å²) < 4.78 is 0.877. The molecular weight excluding hydrogens is 228 g/mol. The van der Waals surface area contributed by atoms with Crippen LogP contribution in [0.2, 0.25) is 0 Å². The molecule has 3 heteroatoms. The van der Waals surface area contributed by atoms with Crippen LogP contribution in [0, 0.1) is 5.92 Å². The quantitative estimate of drug-likeness (QED) is 0.820. The van der Waals surface area contributed by atoms with Crippen LogP contribution in [-0.4, -0.2) is 11.5 Å². The number of aromatic nitrogens is 1. The number of hydrogen-bond donors (Lipinski definition) is 1. The van der Waals surface area contributed by atoms with Gasteiger partial charge in [-0.1, -0.05) is 19.9 Å². The van der Waals surface area contributed by atoms with Crippen LogP contribution < -0.4 is 5.32 Å². The van der Waals surface area contributed by atoms with E-state index in [1.54, 1.807) is 0 Å². The fraction of sp³-hybridized carbons (Fsp3) is 0.500. The molecule has 2 nitrogen and oxygen atoms in total. The number of nitrogens with zero attached hydrogens (tertiary/aromatic N) is 1. The van der Waals surface area contributed by atoms with Gasteiger partial charge in [-0.2, -0.15) is 0 Å². The van der Waals surface area contributed by atoms with E-state index in [1.165, 1.54) is 6.42 Å². The third kappa shape index (κ3) is 4.27. The summed E-state index contributed by atoms with van der Waals surface area (Å²) in [5.74, 6) is 1.68. The lowest BCUT2D eigenvalue weighted by Gasteiger charge is -2.07. The molecule has 0 unspecified atom stereocenters. The summed E-state index contributed by atoms with van der Waals surface area (Å²) >= 11 is 3.33. The maximum absolute atomic E-state index is 4.28. The van der Waals surface area contributed by atoms with Gasteiger partial charge in [0.15, 0.2) is 0 Å². The Labute approximate surface area is 87.9 Å². The summed E-state index contributed by atoms with van der Waals surface area (Å²) in [6.45, 7) is 5.42. The second kappa shape index (κ2) is 5.22. The van der Waals surface area contributed by atoms with Gasteiger partial charge >= 0.3 is 0 Å². The van der Waals surface area contributed by atoms with Gasteiger partial charge in [0.25, 0.3) is 0 Å². The fourth-order valence-electron chi connectivity index (χ4n) is 0.996. The molecule has 1 rings (SSSR count). The van der Waals surface area contributed by atoms with E-state index in [-0.39, 0.29) is 0 Å². The van der Waals surface area contributed by atoms with Crippen molar-refractivity contribution in [3.05, 3.63) is 22.8 Å². The summed E-state index contributed by atoms with van der Waals surface area (Å²) in [4.78, 5) is 4.28. The molecule has 0 bridgehead atoms. The summed E-state index contributed by atoms with van der Waals surface area (Å²) in [6, 6.07) is 5.88. The highest BCUT2D eigenvalue weighted by molar-refractivity contribution is 9.10. The number of rotatable bonds is 4. The minimum atomic E-state index is 0.736. The van der Waals surface area contributed by atoms with E-state index in [4.69, 9.17) is 0 Å². The molecule has 0 aliphatic carbocycles. The van der Waals surface area contributed by atoms with Crippen LogP contribution in [0.15, 0.2) is 22.8 Å². The van der Waals surface area contributed by atoms with Crippen molar-refractivity contribution < 1.29 is 0 Å². The molecule has 0 saturated carbocycles. The molecule has 1 heterocycles. The topological polar surface area (TPSA) is 24.9 Å². The zero-order valence-electron chi connectivity index (χ0n) is 8.05. The molecule has 0 fully saturated rings. The Morgan fingerprint density at radius 3 is 2.85 bits per heavy atom. The standard InChI is InChI=1S/C10H15BrN2/c1-8(2)6-7-12-10-5-3-4-9(11)13-10/h3-5,8H,6-7H2,1-2H3,(H,12,13). The Morgan fingerprint density at radius 1 is 1.46 bits per heavy atom. The second-order valence-corrected chi connectivity index (χ2v) is 4.27. The Kier molecular flexibility index (Phi) is 4.22. The number of halogens is 1. The van der Waals surface area contributed by atoms with Crippen LogP contribution in [-0.2, 0) is 0 Å². The van der Waals surface area contributed by atoms with Gasteiger partial charge < -0.3 is 5.32 Å². The molecule has 0 aromatic carbocycles. The van der Waals surface area contributed by atoms with Gasteiger partial charge in [-0.05, 0) is 40.4 Å². The van der Waals surface area contributed by atoms with E-state index in [0.29, 0.717) is 0 Å². The zero-order chi connectivity index (χ0) is 9.68. The van der Waals surface area contributed by atoms with Crippen molar-refractivity contribution in [2.75, 3.05) is 11.9 Å². The molecule has 0 saturated heterocycles. The molecule has 1 aromatic rings. The van der Waals surface area contributed by atoms with Crippen LogP contribution in [0.25, 0.3) is 0 Å².